The molecule has 0 aromatic rings. The highest BCUT2D eigenvalue weighted by atomic mass is 28.5. The number of hydrogen-bond acceptors (Lipinski definition) is 4. The van der Waals surface area contributed by atoms with Gasteiger partial charge in [0.05, 0.1) is 0 Å². The van der Waals surface area contributed by atoms with Crippen molar-refractivity contribution in [2.24, 2.45) is 0 Å². The molecule has 0 aromatic carbocycles. The van der Waals surface area contributed by atoms with E-state index in [2.05, 4.69) is 0 Å². The minimum absolute atomic E-state index is 0.505. The first-order valence-electron chi connectivity index (χ1n) is 10.6. The summed E-state index contributed by atoms with van der Waals surface area (Å²) >= 11 is 0. The predicted octanol–water partition coefficient (Wildman–Crippen LogP) is 7.57. The van der Waals surface area contributed by atoms with Gasteiger partial charge in [-0.15, -0.1) is 0 Å². The Morgan fingerprint density at radius 2 is 0.659 bits per heavy atom. The first kappa shape index (κ1) is 40.2. The quantitative estimate of drug-likeness (QED) is 0.145. The van der Waals surface area contributed by atoms with Gasteiger partial charge in [0.2, 0.25) is 0 Å². The van der Waals surface area contributed by atoms with Crippen LogP contribution in [0.1, 0.15) is 12.8 Å². The third-order valence-electron chi connectivity index (χ3n) is 5.16. The van der Waals surface area contributed by atoms with E-state index >= 15 is 0 Å². The van der Waals surface area contributed by atoms with E-state index in [4.69, 9.17) is 8.23 Å². The zero-order valence-corrected chi connectivity index (χ0v) is 23.8. The molecule has 0 aliphatic carbocycles. The average Bonchev–Trinajstić information content (AvgIpc) is 2.67. The van der Waals surface area contributed by atoms with Gasteiger partial charge >= 0.3 is 73.6 Å². The van der Waals surface area contributed by atoms with Crippen LogP contribution in [0.4, 0.5) is 79.0 Å². The van der Waals surface area contributed by atoms with Crippen LogP contribution in [0.2, 0.25) is 38.3 Å². The third kappa shape index (κ3) is 8.66. The molecule has 2 atom stereocenters. The van der Waals surface area contributed by atoms with Gasteiger partial charge in [-0.05, 0) is 38.3 Å². The molecule has 41 heavy (non-hydrogen) atoms. The summed E-state index contributed by atoms with van der Waals surface area (Å²) in [6, 6.07) is -3.38. The lowest BCUT2D eigenvalue weighted by Gasteiger charge is -2.38. The lowest BCUT2D eigenvalue weighted by atomic mass is 10.0. The zero-order valence-electron chi connectivity index (χ0n) is 20.8. The van der Waals surface area contributed by atoms with Crippen molar-refractivity contribution >= 4 is 25.7 Å². The largest absolute Gasteiger partial charge is 0.460 e. The molecule has 0 aromatic heterocycles. The molecule has 0 heterocycles. The van der Waals surface area contributed by atoms with E-state index in [1.54, 1.807) is 0 Å². The Labute approximate surface area is 222 Å². The summed E-state index contributed by atoms with van der Waals surface area (Å²) in [5.41, 5.74) is 0. The molecule has 4 nitrogen and oxygen atoms in total. The van der Waals surface area contributed by atoms with Crippen LogP contribution in [0.25, 0.3) is 0 Å². The third-order valence-corrected chi connectivity index (χ3v) is 15.0. The maximum absolute atomic E-state index is 13.7. The Kier molecular flexibility index (Phi) is 11.1. The summed E-state index contributed by atoms with van der Waals surface area (Å²) in [7, 11) is -14.0. The van der Waals surface area contributed by atoms with E-state index in [0.717, 1.165) is 13.1 Å². The monoisotopic (exact) mass is 704 g/mol. The molecule has 2 unspecified atom stereocenters. The van der Waals surface area contributed by atoms with Gasteiger partial charge < -0.3 is 17.8 Å². The molecule has 248 valence electrons. The van der Waals surface area contributed by atoms with Crippen LogP contribution in [-0.2, 0) is 8.23 Å². The maximum atomic E-state index is 13.7. The van der Waals surface area contributed by atoms with Crippen LogP contribution >= 0.6 is 0 Å². The van der Waals surface area contributed by atoms with Crippen LogP contribution in [0.3, 0.4) is 0 Å². The van der Waals surface area contributed by atoms with Crippen LogP contribution in [0.5, 0.6) is 0 Å². The second kappa shape index (κ2) is 11.3. The van der Waals surface area contributed by atoms with E-state index in [1.165, 1.54) is 0 Å². The smallest absolute Gasteiger partial charge is 0.415 e. The Hall–Kier alpha value is -0.769. The maximum Gasteiger partial charge on any atom is 0.460 e. The van der Waals surface area contributed by atoms with E-state index in [1.807, 2.05) is 0 Å². The second-order valence-corrected chi connectivity index (χ2v) is 19.8. The molecule has 0 aliphatic heterocycles. The van der Waals surface area contributed by atoms with Crippen molar-refractivity contribution in [1.82, 2.24) is 0 Å². The van der Waals surface area contributed by atoms with E-state index in [-0.39, 0.29) is 0 Å². The fraction of sp³-hybridized carbons (Fsp3) is 1.00. The molecule has 0 aliphatic rings. The molecule has 0 bridgehead atoms. The van der Waals surface area contributed by atoms with Gasteiger partial charge in [0, 0.05) is 12.8 Å². The van der Waals surface area contributed by atoms with Crippen molar-refractivity contribution in [2.75, 3.05) is 0 Å². The molecule has 0 saturated carbocycles. The number of hydrogen-bond donors (Lipinski definition) is 2. The lowest BCUT2D eigenvalue weighted by molar-refractivity contribution is -0.396. The van der Waals surface area contributed by atoms with Gasteiger partial charge in [0.15, 0.2) is 0 Å². The summed E-state index contributed by atoms with van der Waals surface area (Å²) in [5.74, 6) is -40.7. The molecule has 0 fully saturated rings. The van der Waals surface area contributed by atoms with E-state index in [0.29, 0.717) is 13.1 Å². The topological polar surface area (TPSA) is 58.9 Å². The molecule has 0 rings (SSSR count). The first-order valence-corrected chi connectivity index (χ1v) is 18.5. The minimum atomic E-state index is -7.22. The normalized spacial score (nSPS) is 18.7. The van der Waals surface area contributed by atoms with Gasteiger partial charge in [0.1, 0.15) is 0 Å². The van der Waals surface area contributed by atoms with Gasteiger partial charge in [-0.25, -0.2) is 0 Å². The van der Waals surface area contributed by atoms with E-state index in [9.17, 15) is 88.6 Å². The summed E-state index contributed by atoms with van der Waals surface area (Å²) < 4.78 is 243. The molecular weight excluding hydrogens is 682 g/mol. The summed E-state index contributed by atoms with van der Waals surface area (Å²) in [5, 5.41) is 0. The van der Waals surface area contributed by atoms with Crippen LogP contribution in [-0.4, -0.2) is 83.2 Å². The Morgan fingerprint density at radius 3 is 0.854 bits per heavy atom. The molecule has 0 amide bonds. The van der Waals surface area contributed by atoms with Gasteiger partial charge in [-0.3, -0.25) is 0 Å². The summed E-state index contributed by atoms with van der Waals surface area (Å²) in [4.78, 5) is 20.4. The Bertz CT molecular complexity index is 831. The minimum Gasteiger partial charge on any atom is -0.415 e. The van der Waals surface area contributed by atoms with Crippen molar-refractivity contribution in [3.8, 4) is 0 Å². The van der Waals surface area contributed by atoms with Crippen molar-refractivity contribution < 1.29 is 96.8 Å². The van der Waals surface area contributed by atoms with E-state index < -0.39 is 98.5 Å². The zero-order chi connectivity index (χ0) is 33.7. The highest BCUT2D eigenvalue weighted by molar-refractivity contribution is 6.84. The first-order chi connectivity index (χ1) is 17.3. The van der Waals surface area contributed by atoms with Gasteiger partial charge in [-0.1, -0.05) is 0 Å². The lowest BCUT2D eigenvalue weighted by Crippen LogP contribution is -2.62. The molecule has 2 N–H and O–H groups in total. The number of rotatable bonds is 14. The Morgan fingerprint density at radius 1 is 0.439 bits per heavy atom. The van der Waals surface area contributed by atoms with Crippen molar-refractivity contribution in [3.05, 3.63) is 0 Å². The van der Waals surface area contributed by atoms with Crippen LogP contribution in [0.15, 0.2) is 0 Å². The second-order valence-electron chi connectivity index (χ2n) is 9.66. The molecule has 0 radical (unpaired) electrons. The fourth-order valence-corrected chi connectivity index (χ4v) is 14.5. The summed E-state index contributed by atoms with van der Waals surface area (Å²) in [6.07, 6.45) is -19.3. The SMILES string of the molecule is C[Si](O)(CCC(F)(F)C(F)(F)C(F)(F)C(F)(F)F)O[Si](C)(C)O[Si](C)(O)CCC(F)(F)C(F)(F)C(F)(F)C(F)(F)F. The molecule has 0 saturated heterocycles. The number of halogens is 18. The van der Waals surface area contributed by atoms with Gasteiger partial charge in [0.25, 0.3) is 0 Å². The standard InChI is InChI=1S/C16H22F18O4Si3/c1-39(2,37-40(3,35)7-5-9(17,18)11(21,22)13(25,26)15(29,30)31)38-41(4,36)8-6-10(19,20)12(23,24)14(27,28)16(32,33)34/h35-36H,5-8H2,1-4H3. The number of alkyl halides is 18. The Balaban J connectivity index is 5.60. The molecule has 25 heteroatoms. The van der Waals surface area contributed by atoms with Crippen molar-refractivity contribution in [1.29, 1.82) is 0 Å². The van der Waals surface area contributed by atoms with Crippen molar-refractivity contribution in [2.45, 2.75) is 99.0 Å². The highest BCUT2D eigenvalue weighted by Crippen LogP contribution is 2.56. The fourth-order valence-electron chi connectivity index (χ4n) is 3.09. The summed E-state index contributed by atoms with van der Waals surface area (Å²) in [6.45, 7) is 2.58. The van der Waals surface area contributed by atoms with Gasteiger partial charge in [-0.2, -0.15) is 79.0 Å². The molecule has 0 spiro atoms. The van der Waals surface area contributed by atoms with Crippen LogP contribution < -0.4 is 0 Å². The average molecular weight is 705 g/mol. The highest BCUT2D eigenvalue weighted by Gasteiger charge is 2.82. The van der Waals surface area contributed by atoms with Crippen LogP contribution in [0, 0.1) is 0 Å². The molecular formula is C16H22F18O4Si3. The van der Waals surface area contributed by atoms with Crippen molar-refractivity contribution in [3.63, 3.8) is 0 Å². The predicted molar refractivity (Wildman–Crippen MR) is 108 cm³/mol.